The van der Waals surface area contributed by atoms with E-state index < -0.39 is 21.5 Å². The summed E-state index contributed by atoms with van der Waals surface area (Å²) in [6.45, 7) is 4.72. The van der Waals surface area contributed by atoms with Crippen molar-refractivity contribution in [1.82, 2.24) is 0 Å². The lowest BCUT2D eigenvalue weighted by atomic mass is 9.81. The second kappa shape index (κ2) is 12.0. The first kappa shape index (κ1) is 27.1. The molecule has 1 heterocycles. The Labute approximate surface area is 212 Å². The predicted molar refractivity (Wildman–Crippen MR) is 143 cm³/mol. The number of carbonyl (C=O) groups is 1. The highest BCUT2D eigenvalue weighted by Gasteiger charge is 2.44. The highest BCUT2D eigenvalue weighted by Crippen LogP contribution is 2.41. The molecule has 0 radical (unpaired) electrons. The molecule has 0 aromatic heterocycles. The summed E-state index contributed by atoms with van der Waals surface area (Å²) in [5, 5.41) is 12.1. The van der Waals surface area contributed by atoms with Crippen molar-refractivity contribution in [2.24, 2.45) is 0 Å². The van der Waals surface area contributed by atoms with E-state index in [0.717, 1.165) is 35.5 Å². The number of carboxylic acid groups (broad SMARTS) is 1. The van der Waals surface area contributed by atoms with E-state index in [-0.39, 0.29) is 11.3 Å². The Balaban J connectivity index is 1.80. The van der Waals surface area contributed by atoms with Gasteiger partial charge in [0, 0.05) is 42.4 Å². The van der Waals surface area contributed by atoms with Crippen LogP contribution >= 0.6 is 0 Å². The number of nitrogens with zero attached hydrogens (tertiary/aromatic N) is 1. The summed E-state index contributed by atoms with van der Waals surface area (Å²) in [7, 11) is -4.32. The van der Waals surface area contributed by atoms with Crippen molar-refractivity contribution in [1.29, 1.82) is 0 Å². The molecular weight excluding hydrogens is 476 g/mol. The van der Waals surface area contributed by atoms with Crippen LogP contribution in [0.5, 0.6) is 0 Å². The number of hydrogen-bond acceptors (Lipinski definition) is 4. The van der Waals surface area contributed by atoms with Crippen LogP contribution in [0, 0.1) is 0 Å². The van der Waals surface area contributed by atoms with Gasteiger partial charge >= 0.3 is 5.97 Å². The first-order valence-electron chi connectivity index (χ1n) is 11.9. The Hall–Kier alpha value is -3.49. The van der Waals surface area contributed by atoms with E-state index >= 15 is 0 Å². The third-order valence-corrected chi connectivity index (χ3v) is 6.99. The number of nitrogens with one attached hydrogen (secondary N) is 1. The van der Waals surface area contributed by atoms with Gasteiger partial charge in [0.05, 0.1) is 10.3 Å². The van der Waals surface area contributed by atoms with Crippen LogP contribution < -0.4 is 5.32 Å². The maximum absolute atomic E-state index is 11.7. The number of unbranched alkanes of at least 4 members (excludes halogenated alkanes) is 2. The molecule has 0 atom stereocenters. The summed E-state index contributed by atoms with van der Waals surface area (Å²) < 4.78 is 35.2. The number of carboxylic acids is 1. The van der Waals surface area contributed by atoms with Gasteiger partial charge in [-0.05, 0) is 57.0 Å². The fourth-order valence-corrected chi connectivity index (χ4v) is 4.79. The zero-order chi connectivity index (χ0) is 26.2. The van der Waals surface area contributed by atoms with Crippen molar-refractivity contribution >= 4 is 33.2 Å². The van der Waals surface area contributed by atoms with E-state index in [1.54, 1.807) is 6.07 Å². The van der Waals surface area contributed by atoms with E-state index in [0.29, 0.717) is 13.0 Å². The van der Waals surface area contributed by atoms with Crippen LogP contribution in [0.4, 0.5) is 11.4 Å². The lowest BCUT2D eigenvalue weighted by molar-refractivity contribution is -0.438. The van der Waals surface area contributed by atoms with Crippen LogP contribution in [-0.4, -0.2) is 40.9 Å². The molecule has 0 saturated heterocycles. The minimum Gasteiger partial charge on any atom is -0.481 e. The van der Waals surface area contributed by atoms with Crippen LogP contribution in [-0.2, 0) is 20.3 Å². The van der Waals surface area contributed by atoms with Gasteiger partial charge in [-0.2, -0.15) is 13.0 Å². The Kier molecular flexibility index (Phi) is 9.01. The van der Waals surface area contributed by atoms with Crippen LogP contribution in [0.3, 0.4) is 0 Å². The number of anilines is 1. The number of benzene rings is 2. The molecule has 0 unspecified atom stereocenters. The molecule has 0 saturated carbocycles. The van der Waals surface area contributed by atoms with E-state index in [2.05, 4.69) is 9.89 Å². The molecule has 0 fully saturated rings. The maximum Gasteiger partial charge on any atom is 0.303 e. The second-order valence-electron chi connectivity index (χ2n) is 9.13. The van der Waals surface area contributed by atoms with E-state index in [1.807, 2.05) is 80.8 Å². The summed E-state index contributed by atoms with van der Waals surface area (Å²) in [6.07, 6.45) is 13.9. The largest absolute Gasteiger partial charge is 0.481 e. The molecule has 0 spiro atoms. The number of allylic oxidation sites excluding steroid dienone is 5. The molecule has 36 heavy (non-hydrogen) atoms. The summed E-state index contributed by atoms with van der Waals surface area (Å²) in [5.74, 6) is -0.796. The number of para-hydroxylation sites is 1. The first-order valence-corrected chi connectivity index (χ1v) is 13.3. The Bertz CT molecular complexity index is 1310. The molecule has 0 bridgehead atoms. The molecular formula is C28H33N2O5S+. The minimum absolute atomic E-state index is 0.128. The first-order chi connectivity index (χ1) is 17.1. The summed E-state index contributed by atoms with van der Waals surface area (Å²) in [5.41, 5.74) is 3.22. The Morgan fingerprint density at radius 1 is 1.00 bits per heavy atom. The number of hydrogen-bond donors (Lipinski definition) is 3. The van der Waals surface area contributed by atoms with Crippen LogP contribution in [0.1, 0.15) is 45.1 Å². The lowest BCUT2D eigenvalue weighted by Crippen LogP contribution is -2.28. The van der Waals surface area contributed by atoms with Crippen molar-refractivity contribution < 1.29 is 27.4 Å². The zero-order valence-electron chi connectivity index (χ0n) is 20.6. The fourth-order valence-electron chi connectivity index (χ4n) is 4.29. The summed E-state index contributed by atoms with van der Waals surface area (Å²) in [6, 6.07) is 14.5. The molecule has 7 nitrogen and oxygen atoms in total. The number of aliphatic carboxylic acids is 1. The quantitative estimate of drug-likeness (QED) is 0.147. The van der Waals surface area contributed by atoms with Gasteiger partial charge in [-0.3, -0.25) is 9.35 Å². The van der Waals surface area contributed by atoms with Crippen LogP contribution in [0.15, 0.2) is 90.0 Å². The third kappa shape index (κ3) is 7.02. The molecule has 0 amide bonds. The van der Waals surface area contributed by atoms with E-state index in [1.165, 1.54) is 12.1 Å². The average molecular weight is 510 g/mol. The highest BCUT2D eigenvalue weighted by molar-refractivity contribution is 7.85. The summed E-state index contributed by atoms with van der Waals surface area (Å²) >= 11 is 0. The molecule has 3 N–H and O–H groups in total. The number of rotatable bonds is 12. The Morgan fingerprint density at radius 3 is 2.42 bits per heavy atom. The van der Waals surface area contributed by atoms with Crippen LogP contribution in [0.2, 0.25) is 0 Å². The van der Waals surface area contributed by atoms with Gasteiger partial charge in [0.25, 0.3) is 10.1 Å². The van der Waals surface area contributed by atoms with Gasteiger partial charge in [-0.1, -0.05) is 36.4 Å². The lowest BCUT2D eigenvalue weighted by Gasteiger charge is -2.15. The average Bonchev–Trinajstić information content (AvgIpc) is 3.04. The van der Waals surface area contributed by atoms with Gasteiger partial charge in [0.1, 0.15) is 6.54 Å². The Morgan fingerprint density at radius 2 is 1.72 bits per heavy atom. The third-order valence-electron chi connectivity index (χ3n) is 6.14. The van der Waals surface area contributed by atoms with Gasteiger partial charge < -0.3 is 10.4 Å². The molecule has 3 rings (SSSR count). The molecule has 0 aliphatic carbocycles. The van der Waals surface area contributed by atoms with Gasteiger partial charge in [-0.25, -0.2) is 0 Å². The van der Waals surface area contributed by atoms with Gasteiger partial charge in [0.15, 0.2) is 5.71 Å². The minimum atomic E-state index is -4.32. The topological polar surface area (TPSA) is 107 Å². The molecule has 1 aliphatic heterocycles. The van der Waals surface area contributed by atoms with Crippen LogP contribution in [0.25, 0.3) is 0 Å². The fraction of sp³-hybridized carbons (Fsp3) is 0.286. The number of fused-ring (bicyclic) bond motifs is 1. The second-order valence-corrected chi connectivity index (χ2v) is 10.6. The van der Waals surface area contributed by atoms with E-state index in [4.69, 9.17) is 5.11 Å². The van der Waals surface area contributed by atoms with Gasteiger partial charge in [0.2, 0.25) is 5.69 Å². The molecule has 2 aromatic carbocycles. The van der Waals surface area contributed by atoms with Crippen molar-refractivity contribution in [2.45, 2.75) is 49.8 Å². The van der Waals surface area contributed by atoms with E-state index in [9.17, 15) is 17.8 Å². The van der Waals surface area contributed by atoms with Crippen molar-refractivity contribution in [3.8, 4) is 0 Å². The molecule has 1 aliphatic rings. The predicted octanol–water partition coefficient (Wildman–Crippen LogP) is 5.69. The normalized spacial score (nSPS) is 15.3. The molecule has 2 aromatic rings. The van der Waals surface area contributed by atoms with Crippen molar-refractivity contribution in [3.63, 3.8) is 0 Å². The maximum atomic E-state index is 11.7. The van der Waals surface area contributed by atoms with Gasteiger partial charge in [-0.15, -0.1) is 0 Å². The monoisotopic (exact) mass is 509 g/mol. The molecule has 190 valence electrons. The highest BCUT2D eigenvalue weighted by atomic mass is 32.2. The summed E-state index contributed by atoms with van der Waals surface area (Å²) in [4.78, 5) is 10.7. The molecule has 8 heteroatoms. The standard InChI is InChI=1S/C28H32N2O5S/c1-28(2)24-21-23(36(33,34)35)17-18-25(24)30(20-12-6-10-16-27(31)32)26(28)15-9-3-4-11-19-29-22-13-7-5-8-14-22/h3-5,7-9,11,13-15,17-19,21H,6,10,12,16,20H2,1-2H3,(H2,31,32,33,34,35)/p+1. The van der Waals surface area contributed by atoms with Crippen molar-refractivity contribution in [3.05, 3.63) is 90.7 Å². The zero-order valence-corrected chi connectivity index (χ0v) is 21.4. The van der Waals surface area contributed by atoms with Crippen molar-refractivity contribution in [2.75, 3.05) is 11.9 Å². The SMILES string of the molecule is CC1(C)C(/C=C/C=C/C=C/Nc2ccccc2)=[N+](CCCCCC(=O)O)c2ccc(S(=O)(=O)O)cc21. The smallest absolute Gasteiger partial charge is 0.303 e.